The number of piperazine rings is 1. The number of fused-ring (bicyclic) bond motifs is 3. The summed E-state index contributed by atoms with van der Waals surface area (Å²) in [6.45, 7) is 7.27. The third kappa shape index (κ3) is 5.74. The van der Waals surface area contributed by atoms with Crippen LogP contribution in [0.25, 0.3) is 33.8 Å². The molecule has 1 atom stereocenters. The quantitative estimate of drug-likeness (QED) is 0.201. The normalized spacial score (nSPS) is 20.9. The van der Waals surface area contributed by atoms with Gasteiger partial charge in [-0.2, -0.15) is 0 Å². The number of carbonyl (C=O) groups is 3. The minimum Gasteiger partial charge on any atom is -0.495 e. The van der Waals surface area contributed by atoms with Crippen LogP contribution in [0.4, 0.5) is 11.4 Å². The molecule has 3 saturated heterocycles. The van der Waals surface area contributed by atoms with Gasteiger partial charge in [-0.25, -0.2) is 14.8 Å². The van der Waals surface area contributed by atoms with Gasteiger partial charge in [-0.15, -0.1) is 0 Å². The van der Waals surface area contributed by atoms with E-state index in [1.807, 2.05) is 36.4 Å². The summed E-state index contributed by atoms with van der Waals surface area (Å²) in [5, 5.41) is 5.41. The molecule has 1 saturated carbocycles. The maximum atomic E-state index is 13.2. The molecule has 3 N–H and O–H groups in total. The van der Waals surface area contributed by atoms with Gasteiger partial charge in [0.2, 0.25) is 11.8 Å². The van der Waals surface area contributed by atoms with Gasteiger partial charge in [0.1, 0.15) is 11.8 Å². The molecule has 15 nitrogen and oxygen atoms in total. The van der Waals surface area contributed by atoms with E-state index in [1.165, 1.54) is 4.57 Å². The summed E-state index contributed by atoms with van der Waals surface area (Å²) in [4.78, 5) is 70.3. The van der Waals surface area contributed by atoms with Crippen molar-refractivity contribution in [2.24, 2.45) is 13.0 Å². The molecule has 1 unspecified atom stereocenters. The second-order valence-electron chi connectivity index (χ2n) is 16.0. The van der Waals surface area contributed by atoms with E-state index in [-0.39, 0.29) is 29.3 Å². The number of ether oxygens (including phenoxy) is 1. The zero-order valence-electron chi connectivity index (χ0n) is 31.5. The molecule has 15 heteroatoms. The number of hydrogen-bond donors (Lipinski definition) is 3. The summed E-state index contributed by atoms with van der Waals surface area (Å²) in [5.74, 6) is 1.17. The molecule has 4 fully saturated rings. The number of aromatic nitrogens is 5. The van der Waals surface area contributed by atoms with Crippen molar-refractivity contribution in [2.45, 2.75) is 37.1 Å². The van der Waals surface area contributed by atoms with Gasteiger partial charge in [-0.3, -0.25) is 33.7 Å². The Balaban J connectivity index is 0.763. The van der Waals surface area contributed by atoms with Gasteiger partial charge in [-0.05, 0) is 67.8 Å². The first-order valence-electron chi connectivity index (χ1n) is 19.5. The van der Waals surface area contributed by atoms with E-state index >= 15 is 0 Å². The molecule has 7 heterocycles. The highest BCUT2D eigenvalue weighted by molar-refractivity contribution is 6.00. The van der Waals surface area contributed by atoms with Crippen LogP contribution in [0.5, 0.6) is 5.75 Å². The Morgan fingerprint density at radius 1 is 0.929 bits per heavy atom. The number of imidazole rings is 1. The van der Waals surface area contributed by atoms with Gasteiger partial charge in [0.05, 0.1) is 40.8 Å². The standard InChI is InChI=1S/C41H44N10O5/c1-47-33-18-26(4-6-30(33)51(40(47)55)32-7-8-35(52)46-39(32)54)50-21-24(22-50)20-48-13-15-49(16-14-48)31-5-3-25(17-34(31)56-2)37-42-12-9-28(45-37)29-19-27-36(44-29)41(10-11-41)23-43-38(27)53/h3-6,9,12,17-19,24,32,44H,7-8,10-11,13-16,20-23H2,1-2H3,(H,43,53)(H,46,52,54). The molecule has 0 radical (unpaired) electrons. The number of aryl methyl sites for hydroxylation is 1. The first-order valence-corrected chi connectivity index (χ1v) is 19.5. The Morgan fingerprint density at radius 3 is 2.52 bits per heavy atom. The van der Waals surface area contributed by atoms with Crippen molar-refractivity contribution in [3.05, 3.63) is 76.5 Å². The van der Waals surface area contributed by atoms with Crippen LogP contribution in [0.3, 0.4) is 0 Å². The van der Waals surface area contributed by atoms with Crippen LogP contribution in [0, 0.1) is 5.92 Å². The number of methoxy groups -OCH3 is 1. The monoisotopic (exact) mass is 756 g/mol. The zero-order chi connectivity index (χ0) is 38.3. The Hall–Kier alpha value is -5.96. The van der Waals surface area contributed by atoms with Crippen molar-refractivity contribution in [2.75, 3.05) is 69.3 Å². The summed E-state index contributed by atoms with van der Waals surface area (Å²) in [7, 11) is 3.43. The van der Waals surface area contributed by atoms with Crippen LogP contribution in [0.1, 0.15) is 47.8 Å². The number of nitrogens with one attached hydrogen (secondary N) is 3. The van der Waals surface area contributed by atoms with Gasteiger partial charge in [0.15, 0.2) is 5.82 Å². The highest BCUT2D eigenvalue weighted by atomic mass is 16.5. The molecule has 0 bridgehead atoms. The van der Waals surface area contributed by atoms with E-state index in [1.54, 1.807) is 24.9 Å². The molecule has 56 heavy (non-hydrogen) atoms. The van der Waals surface area contributed by atoms with Crippen LogP contribution in [-0.2, 0) is 22.1 Å². The van der Waals surface area contributed by atoms with Crippen LogP contribution < -0.4 is 30.9 Å². The molecule has 4 aliphatic heterocycles. The van der Waals surface area contributed by atoms with Crippen molar-refractivity contribution >= 4 is 40.1 Å². The highest BCUT2D eigenvalue weighted by Gasteiger charge is 2.50. The van der Waals surface area contributed by atoms with Crippen LogP contribution in [-0.4, -0.2) is 106 Å². The Labute approximate surface area is 322 Å². The molecule has 288 valence electrons. The average molecular weight is 757 g/mol. The molecule has 2 aromatic carbocycles. The largest absolute Gasteiger partial charge is 0.495 e. The number of hydrogen-bond acceptors (Lipinski definition) is 10. The van der Waals surface area contributed by atoms with Gasteiger partial charge in [0.25, 0.3) is 5.91 Å². The number of rotatable bonds is 8. The maximum absolute atomic E-state index is 13.2. The summed E-state index contributed by atoms with van der Waals surface area (Å²) in [6.07, 6.45) is 4.45. The van der Waals surface area contributed by atoms with Gasteiger partial charge >= 0.3 is 5.69 Å². The lowest BCUT2D eigenvalue weighted by molar-refractivity contribution is -0.135. The zero-order valence-corrected chi connectivity index (χ0v) is 31.5. The van der Waals surface area contributed by atoms with Crippen molar-refractivity contribution in [1.82, 2.24) is 39.6 Å². The number of imide groups is 1. The summed E-state index contributed by atoms with van der Waals surface area (Å²) < 4.78 is 9.03. The molecule has 3 aromatic heterocycles. The first-order chi connectivity index (χ1) is 27.2. The number of carbonyl (C=O) groups excluding carboxylic acids is 3. The number of nitrogens with zero attached hydrogens (tertiary/aromatic N) is 7. The third-order valence-electron chi connectivity index (χ3n) is 12.5. The summed E-state index contributed by atoms with van der Waals surface area (Å²) in [5.41, 5.74) is 7.57. The van der Waals surface area contributed by atoms with Crippen molar-refractivity contribution in [3.63, 3.8) is 0 Å². The van der Waals surface area contributed by atoms with Crippen molar-refractivity contribution in [3.8, 4) is 28.5 Å². The predicted molar refractivity (Wildman–Crippen MR) is 210 cm³/mol. The fourth-order valence-electron chi connectivity index (χ4n) is 9.14. The number of benzene rings is 2. The van der Waals surface area contributed by atoms with Gasteiger partial charge in [-0.1, -0.05) is 0 Å². The maximum Gasteiger partial charge on any atom is 0.329 e. The average Bonchev–Trinajstić information content (AvgIpc) is 3.75. The number of anilines is 2. The molecule has 10 rings (SSSR count). The first kappa shape index (κ1) is 34.5. The number of piperidine rings is 1. The molecular weight excluding hydrogens is 713 g/mol. The van der Waals surface area contributed by atoms with E-state index in [0.717, 1.165) is 110 Å². The Bertz CT molecular complexity index is 2480. The van der Waals surface area contributed by atoms with Crippen LogP contribution >= 0.6 is 0 Å². The molecule has 5 aliphatic rings. The van der Waals surface area contributed by atoms with E-state index < -0.39 is 11.9 Å². The Morgan fingerprint density at radius 2 is 1.75 bits per heavy atom. The van der Waals surface area contributed by atoms with Crippen LogP contribution in [0.2, 0.25) is 0 Å². The lowest BCUT2D eigenvalue weighted by atomic mass is 9.95. The topological polar surface area (TPSA) is 163 Å². The lowest BCUT2D eigenvalue weighted by Gasteiger charge is -2.45. The molecule has 5 aromatic rings. The number of amides is 3. The number of H-pyrrole nitrogens is 1. The lowest BCUT2D eigenvalue weighted by Crippen LogP contribution is -2.55. The second-order valence-corrected chi connectivity index (χ2v) is 16.0. The fourth-order valence-corrected chi connectivity index (χ4v) is 9.14. The highest BCUT2D eigenvalue weighted by Crippen LogP contribution is 2.50. The molecule has 3 amide bonds. The van der Waals surface area contributed by atoms with Crippen LogP contribution in [0.15, 0.2) is 59.5 Å². The van der Waals surface area contributed by atoms with E-state index in [2.05, 4.69) is 47.4 Å². The molecule has 1 aliphatic carbocycles. The van der Waals surface area contributed by atoms with Gasteiger partial charge < -0.3 is 24.8 Å². The van der Waals surface area contributed by atoms with E-state index in [4.69, 9.17) is 9.72 Å². The summed E-state index contributed by atoms with van der Waals surface area (Å²) >= 11 is 0. The minimum atomic E-state index is -0.689. The number of aromatic amines is 1. The fraction of sp³-hybridized carbons (Fsp3) is 0.415. The SMILES string of the molecule is COc1cc(-c2nccc(-c3cc4c([nH]3)C3(CC3)CNC4=O)n2)ccc1N1CCN(CC2CN(c3ccc4c(c3)n(C)c(=O)n4C3CCC(=O)NC3=O)C2)CC1. The Kier molecular flexibility index (Phi) is 8.06. The third-order valence-corrected chi connectivity index (χ3v) is 12.5. The van der Waals surface area contributed by atoms with Gasteiger partial charge in [0, 0.05) is 100 Å². The van der Waals surface area contributed by atoms with E-state index in [9.17, 15) is 19.2 Å². The van der Waals surface area contributed by atoms with Crippen molar-refractivity contribution < 1.29 is 19.1 Å². The molecule has 1 spiro atoms. The van der Waals surface area contributed by atoms with E-state index in [0.29, 0.717) is 30.2 Å². The van der Waals surface area contributed by atoms with Crippen molar-refractivity contribution in [1.29, 1.82) is 0 Å². The second kappa shape index (κ2) is 13.1. The smallest absolute Gasteiger partial charge is 0.329 e. The summed E-state index contributed by atoms with van der Waals surface area (Å²) in [6, 6.07) is 15.2. The minimum absolute atomic E-state index is 0.0337. The predicted octanol–water partition coefficient (Wildman–Crippen LogP) is 2.81. The molecular formula is C41H44N10O5.